The number of hydrogen-bond donors (Lipinski definition) is 1. The van der Waals surface area contributed by atoms with Gasteiger partial charge < -0.3 is 5.11 Å². The van der Waals surface area contributed by atoms with E-state index in [1.54, 1.807) is 18.2 Å². The van der Waals surface area contributed by atoms with Crippen molar-refractivity contribution in [1.82, 2.24) is 0 Å². The summed E-state index contributed by atoms with van der Waals surface area (Å²) >= 11 is 7.49. The number of carbonyl (C=O) groups is 1. The van der Waals surface area contributed by atoms with Gasteiger partial charge in [-0.05, 0) is 71.6 Å². The number of hydrogen-bond acceptors (Lipinski definition) is 2. The summed E-state index contributed by atoms with van der Waals surface area (Å²) in [6.45, 7) is 8.59. The lowest BCUT2D eigenvalue weighted by Crippen LogP contribution is -1.98. The minimum absolute atomic E-state index is 0.306. The molecule has 0 fully saturated rings. The Balaban J connectivity index is 2.46. The third kappa shape index (κ3) is 9.30. The van der Waals surface area contributed by atoms with Crippen LogP contribution in [0.25, 0.3) is 0 Å². The minimum atomic E-state index is -0.918. The second-order valence-electron chi connectivity index (χ2n) is 6.72. The van der Waals surface area contributed by atoms with E-state index in [1.165, 1.54) is 28.5 Å². The van der Waals surface area contributed by atoms with Crippen LogP contribution in [-0.4, -0.2) is 16.8 Å². The van der Waals surface area contributed by atoms with E-state index in [0.29, 0.717) is 15.5 Å². The van der Waals surface area contributed by atoms with Crippen LogP contribution < -0.4 is 0 Å². The van der Waals surface area contributed by atoms with Gasteiger partial charge in [0.2, 0.25) is 0 Å². The largest absolute Gasteiger partial charge is 0.478 e. The molecule has 1 N–H and O–H groups in total. The molecular formula is C22H29ClO2S. The Morgan fingerprint density at radius 3 is 2.27 bits per heavy atom. The maximum absolute atomic E-state index is 11.3. The summed E-state index contributed by atoms with van der Waals surface area (Å²) < 4.78 is 0. The molecule has 0 heterocycles. The molecule has 0 aliphatic heterocycles. The van der Waals surface area contributed by atoms with Crippen LogP contribution in [-0.2, 0) is 0 Å². The van der Waals surface area contributed by atoms with Crippen LogP contribution in [0.15, 0.2) is 58.0 Å². The van der Waals surface area contributed by atoms with Gasteiger partial charge in [-0.3, -0.25) is 0 Å². The number of halogens is 1. The van der Waals surface area contributed by atoms with E-state index in [0.717, 1.165) is 31.4 Å². The average Bonchev–Trinajstić information content (AvgIpc) is 2.54. The van der Waals surface area contributed by atoms with Crippen molar-refractivity contribution in [3.05, 3.63) is 63.7 Å². The molecule has 0 radical (unpaired) electrons. The first-order valence-corrected chi connectivity index (χ1v) is 10.3. The fourth-order valence-electron chi connectivity index (χ4n) is 2.40. The van der Waals surface area contributed by atoms with Crippen molar-refractivity contribution < 1.29 is 9.90 Å². The highest BCUT2D eigenvalue weighted by Crippen LogP contribution is 2.27. The predicted octanol–water partition coefficient (Wildman–Crippen LogP) is 7.55. The molecule has 26 heavy (non-hydrogen) atoms. The van der Waals surface area contributed by atoms with E-state index >= 15 is 0 Å². The average molecular weight is 393 g/mol. The fraction of sp³-hybridized carbons (Fsp3) is 0.409. The summed E-state index contributed by atoms with van der Waals surface area (Å²) in [5.41, 5.74) is 4.44. The Labute approximate surface area is 167 Å². The predicted molar refractivity (Wildman–Crippen MR) is 115 cm³/mol. The van der Waals surface area contributed by atoms with Gasteiger partial charge in [-0.15, -0.1) is 11.8 Å². The molecule has 0 aliphatic rings. The number of carboxylic acid groups (broad SMARTS) is 1. The summed E-state index contributed by atoms with van der Waals surface area (Å²) in [6, 6.07) is 4.90. The zero-order chi connectivity index (χ0) is 19.5. The monoisotopic (exact) mass is 392 g/mol. The molecule has 0 saturated heterocycles. The van der Waals surface area contributed by atoms with Crippen LogP contribution in [0.2, 0.25) is 5.02 Å². The first-order chi connectivity index (χ1) is 12.3. The van der Waals surface area contributed by atoms with E-state index in [9.17, 15) is 9.90 Å². The third-order valence-electron chi connectivity index (χ3n) is 3.97. The topological polar surface area (TPSA) is 37.3 Å². The number of aromatic carboxylic acids is 1. The van der Waals surface area contributed by atoms with Crippen LogP contribution in [0.1, 0.15) is 63.7 Å². The van der Waals surface area contributed by atoms with Crippen LogP contribution >= 0.6 is 23.4 Å². The molecule has 4 heteroatoms. The lowest BCUT2D eigenvalue weighted by atomic mass is 10.1. The van der Waals surface area contributed by atoms with E-state index in [4.69, 9.17) is 11.6 Å². The molecule has 0 spiro atoms. The van der Waals surface area contributed by atoms with Crippen molar-refractivity contribution in [2.75, 3.05) is 5.75 Å². The fourth-order valence-corrected chi connectivity index (χ4v) is 3.71. The van der Waals surface area contributed by atoms with Crippen LogP contribution in [0.3, 0.4) is 0 Å². The van der Waals surface area contributed by atoms with Gasteiger partial charge >= 0.3 is 5.97 Å². The molecular weight excluding hydrogens is 364 g/mol. The molecule has 0 aliphatic carbocycles. The first-order valence-electron chi connectivity index (χ1n) is 8.90. The highest BCUT2D eigenvalue weighted by molar-refractivity contribution is 7.99. The summed E-state index contributed by atoms with van der Waals surface area (Å²) in [7, 11) is 0. The third-order valence-corrected chi connectivity index (χ3v) is 5.18. The lowest BCUT2D eigenvalue weighted by Gasteiger charge is -2.06. The molecule has 2 nitrogen and oxygen atoms in total. The van der Waals surface area contributed by atoms with Crippen molar-refractivity contribution in [3.63, 3.8) is 0 Å². The summed E-state index contributed by atoms with van der Waals surface area (Å²) in [4.78, 5) is 12.0. The number of benzene rings is 1. The quantitative estimate of drug-likeness (QED) is 0.330. The molecule has 142 valence electrons. The normalized spacial score (nSPS) is 12.2. The molecule has 0 bridgehead atoms. The lowest BCUT2D eigenvalue weighted by molar-refractivity contribution is 0.0693. The summed E-state index contributed by atoms with van der Waals surface area (Å²) in [5, 5.41) is 9.81. The van der Waals surface area contributed by atoms with E-state index in [-0.39, 0.29) is 0 Å². The number of allylic oxidation sites excluding steroid dienone is 5. The van der Waals surface area contributed by atoms with E-state index < -0.39 is 5.97 Å². The van der Waals surface area contributed by atoms with Gasteiger partial charge in [-0.1, -0.05) is 46.5 Å². The molecule has 1 aromatic carbocycles. The van der Waals surface area contributed by atoms with Crippen molar-refractivity contribution in [2.24, 2.45) is 0 Å². The number of rotatable bonds is 10. The van der Waals surface area contributed by atoms with Crippen LogP contribution in [0.4, 0.5) is 0 Å². The second kappa shape index (κ2) is 12.0. The van der Waals surface area contributed by atoms with Crippen LogP contribution in [0, 0.1) is 0 Å². The number of thioether (sulfide) groups is 1. The van der Waals surface area contributed by atoms with Gasteiger partial charge in [0.1, 0.15) is 0 Å². The maximum Gasteiger partial charge on any atom is 0.336 e. The van der Waals surface area contributed by atoms with Gasteiger partial charge in [0.05, 0.1) is 5.56 Å². The maximum atomic E-state index is 11.3. The zero-order valence-electron chi connectivity index (χ0n) is 16.1. The van der Waals surface area contributed by atoms with Crippen molar-refractivity contribution in [3.8, 4) is 0 Å². The highest BCUT2D eigenvalue weighted by atomic mass is 35.5. The van der Waals surface area contributed by atoms with E-state index in [1.807, 2.05) is 0 Å². The van der Waals surface area contributed by atoms with E-state index in [2.05, 4.69) is 45.9 Å². The smallest absolute Gasteiger partial charge is 0.336 e. The number of carboxylic acids is 1. The van der Waals surface area contributed by atoms with Crippen molar-refractivity contribution in [1.29, 1.82) is 0 Å². The molecule has 0 aromatic heterocycles. The van der Waals surface area contributed by atoms with Crippen molar-refractivity contribution >= 4 is 29.3 Å². The Morgan fingerprint density at radius 2 is 1.65 bits per heavy atom. The Hall–Kier alpha value is -1.45. The van der Waals surface area contributed by atoms with Gasteiger partial charge in [-0.25, -0.2) is 4.79 Å². The molecule has 1 rings (SSSR count). The van der Waals surface area contributed by atoms with Gasteiger partial charge in [0.15, 0.2) is 0 Å². The molecule has 0 unspecified atom stereocenters. The zero-order valence-corrected chi connectivity index (χ0v) is 17.7. The highest BCUT2D eigenvalue weighted by Gasteiger charge is 2.10. The second-order valence-corrected chi connectivity index (χ2v) is 8.21. The summed E-state index contributed by atoms with van der Waals surface area (Å²) in [5.74, 6) is -0.172. The first kappa shape index (κ1) is 22.6. The molecule has 0 amide bonds. The Bertz CT molecular complexity index is 698. The standard InChI is InChI=1S/C22H29ClO2S/c1-16(2)7-5-8-17(3)9-6-10-18(4)13-14-26-21-15-19(23)11-12-20(21)22(24)25/h7,9,11-13,15H,5-6,8,10,14H2,1-4H3,(H,24,25). The van der Waals surface area contributed by atoms with Gasteiger partial charge in [-0.2, -0.15) is 0 Å². The summed E-state index contributed by atoms with van der Waals surface area (Å²) in [6.07, 6.45) is 11.1. The van der Waals surface area contributed by atoms with Gasteiger partial charge in [0.25, 0.3) is 0 Å². The Kier molecular flexibility index (Phi) is 10.5. The van der Waals surface area contributed by atoms with Crippen molar-refractivity contribution in [2.45, 2.75) is 58.3 Å². The molecule has 0 atom stereocenters. The molecule has 1 aromatic rings. The SMILES string of the molecule is CC(C)=CCCC(C)=CCCC(C)=CCSc1cc(Cl)ccc1C(=O)O. The van der Waals surface area contributed by atoms with Gasteiger partial charge in [0, 0.05) is 15.7 Å². The van der Waals surface area contributed by atoms with Crippen LogP contribution in [0.5, 0.6) is 0 Å². The Morgan fingerprint density at radius 1 is 1.04 bits per heavy atom. The minimum Gasteiger partial charge on any atom is -0.478 e. The molecule has 0 saturated carbocycles.